The highest BCUT2D eigenvalue weighted by molar-refractivity contribution is 7.17. The number of aromatic amines is 1. The summed E-state index contributed by atoms with van der Waals surface area (Å²) in [4.78, 5) is 8.52. The van der Waals surface area contributed by atoms with E-state index >= 15 is 0 Å². The van der Waals surface area contributed by atoms with Crippen molar-refractivity contribution in [3.63, 3.8) is 0 Å². The van der Waals surface area contributed by atoms with Crippen molar-refractivity contribution < 1.29 is 0 Å². The molecular weight excluding hydrogens is 254 g/mol. The molecule has 0 aliphatic heterocycles. The first-order valence-electron chi connectivity index (χ1n) is 6.06. The smallest absolute Gasteiger partial charge is 0.108 e. The van der Waals surface area contributed by atoms with Gasteiger partial charge in [0.25, 0.3) is 0 Å². The van der Waals surface area contributed by atoms with Gasteiger partial charge in [-0.3, -0.25) is 0 Å². The topological polar surface area (TPSA) is 33.6 Å². The van der Waals surface area contributed by atoms with Gasteiger partial charge >= 0.3 is 0 Å². The van der Waals surface area contributed by atoms with Crippen molar-refractivity contribution in [3.8, 4) is 16.9 Å². The summed E-state index contributed by atoms with van der Waals surface area (Å²) in [7, 11) is 0. The van der Waals surface area contributed by atoms with Crippen molar-refractivity contribution in [2.45, 2.75) is 0 Å². The fourth-order valence-electron chi connectivity index (χ4n) is 2.32. The molecule has 0 amide bonds. The van der Waals surface area contributed by atoms with Crippen LogP contribution < -0.4 is 0 Å². The third-order valence-corrected chi connectivity index (χ3v) is 4.23. The van der Waals surface area contributed by atoms with Crippen LogP contribution in [-0.4, -0.2) is 14.5 Å². The molecule has 3 aromatic heterocycles. The first-order valence-corrected chi connectivity index (χ1v) is 6.94. The lowest BCUT2D eigenvalue weighted by atomic mass is 10.2. The molecule has 0 bridgehead atoms. The summed E-state index contributed by atoms with van der Waals surface area (Å²) in [5, 5.41) is 3.44. The van der Waals surface area contributed by atoms with Gasteiger partial charge in [0.15, 0.2) is 0 Å². The zero-order valence-corrected chi connectivity index (χ0v) is 10.9. The van der Waals surface area contributed by atoms with Gasteiger partial charge in [0.05, 0.1) is 18.2 Å². The van der Waals surface area contributed by atoms with Crippen LogP contribution in [0.2, 0.25) is 0 Å². The summed E-state index contributed by atoms with van der Waals surface area (Å²) in [6, 6.07) is 12.6. The molecule has 0 saturated heterocycles. The van der Waals surface area contributed by atoms with E-state index in [0.29, 0.717) is 0 Å². The van der Waals surface area contributed by atoms with Crippen LogP contribution in [0.4, 0.5) is 0 Å². The third kappa shape index (κ3) is 1.61. The number of nitrogens with one attached hydrogen (secondary N) is 1. The monoisotopic (exact) mass is 265 g/mol. The zero-order chi connectivity index (χ0) is 12.7. The van der Waals surface area contributed by atoms with Gasteiger partial charge in [-0.25, -0.2) is 4.98 Å². The minimum absolute atomic E-state index is 1.07. The summed E-state index contributed by atoms with van der Waals surface area (Å²) in [5.74, 6) is 0. The van der Waals surface area contributed by atoms with Gasteiger partial charge in [-0.2, -0.15) is 0 Å². The van der Waals surface area contributed by atoms with Crippen molar-refractivity contribution in [1.82, 2.24) is 14.5 Å². The van der Waals surface area contributed by atoms with Crippen LogP contribution in [0, 0.1) is 0 Å². The molecular formula is C15H11N3S. The van der Waals surface area contributed by atoms with Gasteiger partial charge in [0.2, 0.25) is 0 Å². The van der Waals surface area contributed by atoms with Crippen molar-refractivity contribution in [3.05, 3.63) is 60.5 Å². The summed E-state index contributed by atoms with van der Waals surface area (Å²) >= 11 is 1.76. The molecule has 0 atom stereocenters. The molecule has 0 unspecified atom stereocenters. The number of hydrogen-bond donors (Lipinski definition) is 1. The Balaban J connectivity index is 1.93. The van der Waals surface area contributed by atoms with Gasteiger partial charge in [0.1, 0.15) is 4.83 Å². The van der Waals surface area contributed by atoms with Crippen LogP contribution in [0.1, 0.15) is 0 Å². The molecule has 92 valence electrons. The molecule has 0 radical (unpaired) electrons. The zero-order valence-electron chi connectivity index (χ0n) is 10.1. The summed E-state index contributed by atoms with van der Waals surface area (Å²) in [6.07, 6.45) is 5.70. The van der Waals surface area contributed by atoms with E-state index < -0.39 is 0 Å². The molecule has 1 aromatic carbocycles. The van der Waals surface area contributed by atoms with E-state index in [2.05, 4.69) is 56.4 Å². The predicted octanol–water partition coefficient (Wildman–Crippen LogP) is 4.08. The van der Waals surface area contributed by atoms with Crippen LogP contribution in [0.15, 0.2) is 60.5 Å². The lowest BCUT2D eigenvalue weighted by molar-refractivity contribution is 1.14. The molecule has 4 aromatic rings. The summed E-state index contributed by atoms with van der Waals surface area (Å²) < 4.78 is 2.22. The van der Waals surface area contributed by atoms with E-state index in [1.807, 2.05) is 12.3 Å². The Morgan fingerprint density at radius 2 is 2.00 bits per heavy atom. The Bertz CT molecular complexity index is 810. The normalized spacial score (nSPS) is 11.2. The van der Waals surface area contributed by atoms with Crippen LogP contribution in [0.25, 0.3) is 27.2 Å². The number of rotatable bonds is 2. The number of thiophene rings is 1. The minimum atomic E-state index is 1.07. The maximum absolute atomic E-state index is 4.09. The lowest BCUT2D eigenvalue weighted by Crippen LogP contribution is -1.88. The SMILES string of the molecule is c1ccc(-n2ccc3c(-c4cnc[nH]4)csc32)cc1. The van der Waals surface area contributed by atoms with Gasteiger partial charge in [-0.05, 0) is 18.2 Å². The van der Waals surface area contributed by atoms with E-state index in [9.17, 15) is 0 Å². The van der Waals surface area contributed by atoms with Gasteiger partial charge in [-0.1, -0.05) is 18.2 Å². The average Bonchev–Trinajstić information content (AvgIpc) is 3.16. The quantitative estimate of drug-likeness (QED) is 0.582. The highest BCUT2D eigenvalue weighted by Gasteiger charge is 2.11. The van der Waals surface area contributed by atoms with Crippen LogP contribution in [0.5, 0.6) is 0 Å². The highest BCUT2D eigenvalue weighted by atomic mass is 32.1. The Morgan fingerprint density at radius 1 is 1.11 bits per heavy atom. The molecule has 0 aliphatic carbocycles. The number of imidazole rings is 1. The van der Waals surface area contributed by atoms with E-state index in [-0.39, 0.29) is 0 Å². The van der Waals surface area contributed by atoms with Crippen molar-refractivity contribution in [1.29, 1.82) is 0 Å². The molecule has 0 saturated carbocycles. The van der Waals surface area contributed by atoms with E-state index in [1.165, 1.54) is 21.5 Å². The predicted molar refractivity (Wildman–Crippen MR) is 78.7 cm³/mol. The van der Waals surface area contributed by atoms with Gasteiger partial charge in [-0.15, -0.1) is 11.3 Å². The molecule has 0 fully saturated rings. The fraction of sp³-hybridized carbons (Fsp3) is 0. The third-order valence-electron chi connectivity index (χ3n) is 3.24. The maximum Gasteiger partial charge on any atom is 0.108 e. The van der Waals surface area contributed by atoms with Crippen LogP contribution in [0.3, 0.4) is 0 Å². The molecule has 0 spiro atoms. The Kier molecular flexibility index (Phi) is 2.28. The van der Waals surface area contributed by atoms with Crippen molar-refractivity contribution >= 4 is 21.6 Å². The van der Waals surface area contributed by atoms with Gasteiger partial charge in [0, 0.05) is 28.2 Å². The molecule has 4 heteroatoms. The molecule has 1 N–H and O–H groups in total. The van der Waals surface area contributed by atoms with E-state index in [4.69, 9.17) is 0 Å². The molecule has 3 heterocycles. The van der Waals surface area contributed by atoms with Crippen LogP contribution in [-0.2, 0) is 0 Å². The lowest BCUT2D eigenvalue weighted by Gasteiger charge is -2.02. The number of fused-ring (bicyclic) bond motifs is 1. The van der Waals surface area contributed by atoms with Crippen molar-refractivity contribution in [2.24, 2.45) is 0 Å². The number of nitrogens with zero attached hydrogens (tertiary/aromatic N) is 2. The van der Waals surface area contributed by atoms with Gasteiger partial charge < -0.3 is 9.55 Å². The van der Waals surface area contributed by atoms with Crippen molar-refractivity contribution in [2.75, 3.05) is 0 Å². The van der Waals surface area contributed by atoms with E-state index in [1.54, 1.807) is 17.7 Å². The average molecular weight is 265 g/mol. The number of H-pyrrole nitrogens is 1. The fourth-order valence-corrected chi connectivity index (χ4v) is 3.39. The van der Waals surface area contributed by atoms with Crippen LogP contribution >= 0.6 is 11.3 Å². The maximum atomic E-state index is 4.09. The minimum Gasteiger partial charge on any atom is -0.345 e. The Labute approximate surface area is 114 Å². The second-order valence-electron chi connectivity index (χ2n) is 4.35. The molecule has 3 nitrogen and oxygen atoms in total. The standard InChI is InChI=1S/C15H11N3S/c1-2-4-11(5-3-1)18-7-6-12-13(9-19-15(12)18)14-8-16-10-17-14/h1-10H,(H,16,17). The van der Waals surface area contributed by atoms with E-state index in [0.717, 1.165) is 5.69 Å². The Morgan fingerprint density at radius 3 is 2.79 bits per heavy atom. The first kappa shape index (κ1) is 10.6. The second-order valence-corrected chi connectivity index (χ2v) is 5.21. The Hall–Kier alpha value is -2.33. The molecule has 19 heavy (non-hydrogen) atoms. The largest absolute Gasteiger partial charge is 0.345 e. The summed E-state index contributed by atoms with van der Waals surface area (Å²) in [6.45, 7) is 0. The number of benzene rings is 1. The highest BCUT2D eigenvalue weighted by Crippen LogP contribution is 2.34. The number of aromatic nitrogens is 3. The second kappa shape index (κ2) is 4.10. The summed E-state index contributed by atoms with van der Waals surface area (Å²) in [5.41, 5.74) is 3.47. The molecule has 4 rings (SSSR count). The number of hydrogen-bond acceptors (Lipinski definition) is 2. The number of para-hydroxylation sites is 1. The first-order chi connectivity index (χ1) is 9.43. The molecule has 0 aliphatic rings.